The molecule has 3 rings (SSSR count). The Morgan fingerprint density at radius 1 is 0.545 bits per heavy atom. The van der Waals surface area contributed by atoms with Crippen LogP contribution in [0.25, 0.3) is 0 Å². The number of rotatable bonds is 3. The summed E-state index contributed by atoms with van der Waals surface area (Å²) in [6, 6.07) is 29.9. The van der Waals surface area contributed by atoms with Gasteiger partial charge >= 0.3 is 0 Å². The second-order valence-corrected chi connectivity index (χ2v) is 5.72. The minimum absolute atomic E-state index is 0.283. The molecule has 0 heterocycles. The van der Waals surface area contributed by atoms with Crippen molar-refractivity contribution in [1.82, 2.24) is 0 Å². The fourth-order valence-electron chi connectivity index (χ4n) is 2.52. The number of hydrogen-bond donors (Lipinski definition) is 0. The monoisotopic (exact) mass is 350 g/mol. The summed E-state index contributed by atoms with van der Waals surface area (Å²) in [6.07, 6.45) is 0. The molecular formula is C20H20BBr. The first kappa shape index (κ1) is 16.6. The third-order valence-electron chi connectivity index (χ3n) is 3.47. The van der Waals surface area contributed by atoms with E-state index < -0.39 is 0 Å². The van der Waals surface area contributed by atoms with Crippen LogP contribution in [0.15, 0.2) is 89.4 Å². The van der Waals surface area contributed by atoms with Crippen molar-refractivity contribution in [3.05, 3.63) is 89.4 Å². The van der Waals surface area contributed by atoms with Crippen LogP contribution in [0.2, 0.25) is 0 Å². The number of halogens is 1. The van der Waals surface area contributed by atoms with Crippen LogP contribution in [-0.4, -0.2) is 6.71 Å². The minimum Gasteiger partial charge on any atom is -0.0687 e. The summed E-state index contributed by atoms with van der Waals surface area (Å²) in [5, 5.41) is 0. The lowest BCUT2D eigenvalue weighted by molar-refractivity contribution is 1.50. The predicted molar refractivity (Wildman–Crippen MR) is 103 cm³/mol. The lowest BCUT2D eigenvalue weighted by Crippen LogP contribution is -2.51. The molecule has 3 aromatic carbocycles. The summed E-state index contributed by atoms with van der Waals surface area (Å²) >= 11 is 3.51. The van der Waals surface area contributed by atoms with E-state index in [2.05, 4.69) is 101 Å². The molecule has 0 aromatic heterocycles. The molecule has 0 saturated heterocycles. The summed E-state index contributed by atoms with van der Waals surface area (Å²) in [6.45, 7) is 4.28. The van der Waals surface area contributed by atoms with Gasteiger partial charge in [0.1, 0.15) is 0 Å². The van der Waals surface area contributed by atoms with E-state index >= 15 is 0 Å². The van der Waals surface area contributed by atoms with Gasteiger partial charge in [-0.3, -0.25) is 0 Å². The normalized spacial score (nSPS) is 9.59. The van der Waals surface area contributed by atoms with Crippen molar-refractivity contribution in [1.29, 1.82) is 0 Å². The van der Waals surface area contributed by atoms with Crippen molar-refractivity contribution in [2.45, 2.75) is 13.8 Å². The van der Waals surface area contributed by atoms with Crippen LogP contribution >= 0.6 is 15.9 Å². The third kappa shape index (κ3) is 4.11. The van der Waals surface area contributed by atoms with Crippen molar-refractivity contribution >= 4 is 39.0 Å². The van der Waals surface area contributed by atoms with Crippen LogP contribution in [0, 0.1) is 0 Å². The molecule has 3 aromatic rings. The Morgan fingerprint density at radius 2 is 0.909 bits per heavy atom. The molecule has 0 N–H and O–H groups in total. The smallest absolute Gasteiger partial charge is 0.0687 e. The highest BCUT2D eigenvalue weighted by atomic mass is 79.9. The first-order valence-corrected chi connectivity index (χ1v) is 8.49. The van der Waals surface area contributed by atoms with Crippen LogP contribution in [0.3, 0.4) is 0 Å². The van der Waals surface area contributed by atoms with Gasteiger partial charge in [0, 0.05) is 4.47 Å². The van der Waals surface area contributed by atoms with E-state index in [1.54, 1.807) is 0 Å². The highest BCUT2D eigenvalue weighted by molar-refractivity contribution is 9.10. The van der Waals surface area contributed by atoms with Crippen LogP contribution in [-0.2, 0) is 0 Å². The summed E-state index contributed by atoms with van der Waals surface area (Å²) < 4.78 is 1.11. The van der Waals surface area contributed by atoms with Gasteiger partial charge in [0.15, 0.2) is 0 Å². The molecule has 0 nitrogen and oxygen atoms in total. The first-order chi connectivity index (χ1) is 10.8. The Labute approximate surface area is 142 Å². The van der Waals surface area contributed by atoms with Gasteiger partial charge in [-0.15, -0.1) is 0 Å². The molecule has 22 heavy (non-hydrogen) atoms. The Hall–Kier alpha value is -1.80. The topological polar surface area (TPSA) is 0 Å². The van der Waals surface area contributed by atoms with Crippen molar-refractivity contribution in [2.24, 2.45) is 0 Å². The SMILES string of the molecule is Brc1ccc(B(c2ccccc2)c2ccccc2)cc1.CC. The number of hydrogen-bond acceptors (Lipinski definition) is 0. The van der Waals surface area contributed by atoms with Gasteiger partial charge in [-0.2, -0.15) is 0 Å². The van der Waals surface area contributed by atoms with Crippen molar-refractivity contribution in [3.8, 4) is 0 Å². The average Bonchev–Trinajstić information content (AvgIpc) is 2.61. The van der Waals surface area contributed by atoms with E-state index in [1.165, 1.54) is 16.4 Å². The third-order valence-corrected chi connectivity index (χ3v) is 4.00. The highest BCUT2D eigenvalue weighted by Gasteiger charge is 2.20. The van der Waals surface area contributed by atoms with E-state index in [1.807, 2.05) is 13.8 Å². The molecular weight excluding hydrogens is 331 g/mol. The van der Waals surface area contributed by atoms with Gasteiger partial charge in [0.05, 0.1) is 0 Å². The standard InChI is InChI=1S/C18H14BBr.C2H6/c20-18-13-11-17(12-14-18)19(15-7-3-1-4-8-15)16-9-5-2-6-10-16;1-2/h1-14H;1-2H3. The summed E-state index contributed by atoms with van der Waals surface area (Å²) in [4.78, 5) is 0. The van der Waals surface area contributed by atoms with E-state index in [-0.39, 0.29) is 6.71 Å². The zero-order chi connectivity index (χ0) is 15.8. The highest BCUT2D eigenvalue weighted by Crippen LogP contribution is 2.06. The van der Waals surface area contributed by atoms with Crippen LogP contribution in [0.4, 0.5) is 0 Å². The van der Waals surface area contributed by atoms with Gasteiger partial charge in [-0.25, -0.2) is 0 Å². The van der Waals surface area contributed by atoms with E-state index in [9.17, 15) is 0 Å². The van der Waals surface area contributed by atoms with Gasteiger partial charge in [0.2, 0.25) is 6.71 Å². The van der Waals surface area contributed by atoms with Gasteiger partial charge < -0.3 is 0 Å². The molecule has 0 aliphatic rings. The van der Waals surface area contributed by atoms with Gasteiger partial charge in [-0.05, 0) is 12.1 Å². The summed E-state index contributed by atoms with van der Waals surface area (Å²) in [7, 11) is 0. The van der Waals surface area contributed by atoms with E-state index in [4.69, 9.17) is 0 Å². The molecule has 0 aliphatic carbocycles. The molecule has 0 fully saturated rings. The fraction of sp³-hybridized carbons (Fsp3) is 0.100. The van der Waals surface area contributed by atoms with Gasteiger partial charge in [0.25, 0.3) is 0 Å². The zero-order valence-electron chi connectivity index (χ0n) is 13.0. The molecule has 0 unspecified atom stereocenters. The average molecular weight is 351 g/mol. The Morgan fingerprint density at radius 3 is 1.32 bits per heavy atom. The summed E-state index contributed by atoms with van der Waals surface area (Å²) in [5.74, 6) is 0. The molecule has 0 radical (unpaired) electrons. The minimum atomic E-state index is 0.283. The molecule has 0 saturated carbocycles. The van der Waals surface area contributed by atoms with Crippen molar-refractivity contribution < 1.29 is 0 Å². The molecule has 0 spiro atoms. The summed E-state index contributed by atoms with van der Waals surface area (Å²) in [5.41, 5.74) is 3.95. The zero-order valence-corrected chi connectivity index (χ0v) is 14.6. The fourth-order valence-corrected chi connectivity index (χ4v) is 2.79. The van der Waals surface area contributed by atoms with E-state index in [0.29, 0.717) is 0 Å². The van der Waals surface area contributed by atoms with Crippen molar-refractivity contribution in [2.75, 3.05) is 0 Å². The van der Waals surface area contributed by atoms with E-state index in [0.717, 1.165) is 4.47 Å². The first-order valence-electron chi connectivity index (χ1n) is 7.70. The largest absolute Gasteiger partial charge is 0.241 e. The number of benzene rings is 3. The Kier molecular flexibility index (Phi) is 6.48. The molecule has 0 amide bonds. The molecule has 0 bridgehead atoms. The Bertz CT molecular complexity index is 624. The molecule has 2 heteroatoms. The van der Waals surface area contributed by atoms with Crippen LogP contribution in [0.5, 0.6) is 0 Å². The molecule has 110 valence electrons. The predicted octanol–water partition coefficient (Wildman–Crippen LogP) is 3.99. The second-order valence-electron chi connectivity index (χ2n) is 4.81. The molecule has 0 atom stereocenters. The second kappa shape index (κ2) is 8.60. The quantitative estimate of drug-likeness (QED) is 0.626. The Balaban J connectivity index is 0.000000847. The van der Waals surface area contributed by atoms with Gasteiger partial charge in [-0.1, -0.05) is 119 Å². The molecule has 0 aliphatic heterocycles. The van der Waals surface area contributed by atoms with Crippen molar-refractivity contribution in [3.63, 3.8) is 0 Å². The maximum absolute atomic E-state index is 3.51. The maximum atomic E-state index is 3.51. The van der Waals surface area contributed by atoms with Crippen LogP contribution < -0.4 is 16.4 Å². The maximum Gasteiger partial charge on any atom is 0.241 e. The lowest BCUT2D eigenvalue weighted by Gasteiger charge is -2.15. The van der Waals surface area contributed by atoms with Crippen LogP contribution in [0.1, 0.15) is 13.8 Å². The lowest BCUT2D eigenvalue weighted by atomic mass is 9.37.